The Balaban J connectivity index is 1.72. The van der Waals surface area contributed by atoms with Gasteiger partial charge >= 0.3 is 0 Å². The topological polar surface area (TPSA) is 51.0 Å². The third-order valence-electron chi connectivity index (χ3n) is 3.10. The Hall–Kier alpha value is -2.08. The molecular weight excluding hydrogens is 272 g/mol. The Morgan fingerprint density at radius 1 is 1.30 bits per heavy atom. The molecule has 6 heteroatoms. The summed E-state index contributed by atoms with van der Waals surface area (Å²) < 4.78 is 1.49. The van der Waals surface area contributed by atoms with Crippen LogP contribution in [0, 0.1) is 0 Å². The van der Waals surface area contributed by atoms with Crippen LogP contribution in [0.15, 0.2) is 41.8 Å². The first-order valence-electron chi connectivity index (χ1n) is 6.21. The second-order valence-corrected chi connectivity index (χ2v) is 5.81. The molecule has 1 aromatic carbocycles. The Morgan fingerprint density at radius 2 is 2.05 bits per heavy atom. The maximum absolute atomic E-state index is 12.0. The largest absolute Gasteiger partial charge is 0.378 e. The van der Waals surface area contributed by atoms with Crippen molar-refractivity contribution in [2.75, 3.05) is 19.0 Å². The fourth-order valence-corrected chi connectivity index (χ4v) is 2.90. The number of nitrogens with zero attached hydrogens (tertiary/aromatic N) is 4. The average Bonchev–Trinajstić information content (AvgIpc) is 3.01. The lowest BCUT2D eigenvalue weighted by Gasteiger charge is -2.11. The van der Waals surface area contributed by atoms with E-state index in [2.05, 4.69) is 27.2 Å². The third kappa shape index (κ3) is 2.34. The van der Waals surface area contributed by atoms with E-state index in [0.717, 1.165) is 11.3 Å². The van der Waals surface area contributed by atoms with Crippen LogP contribution in [0.1, 0.15) is 10.4 Å². The normalized spacial score (nSPS) is 17.7. The van der Waals surface area contributed by atoms with E-state index in [1.165, 1.54) is 22.7 Å². The van der Waals surface area contributed by atoms with Gasteiger partial charge in [-0.1, -0.05) is 36.0 Å². The van der Waals surface area contributed by atoms with Gasteiger partial charge in [-0.3, -0.25) is 4.79 Å². The number of aromatic nitrogens is 3. The van der Waals surface area contributed by atoms with Crippen molar-refractivity contribution < 1.29 is 4.79 Å². The minimum absolute atomic E-state index is 0.0103. The first kappa shape index (κ1) is 12.9. The van der Waals surface area contributed by atoms with Gasteiger partial charge in [-0.15, -0.1) is 10.2 Å². The molecule has 1 unspecified atom stereocenters. The van der Waals surface area contributed by atoms with Crippen LogP contribution in [0.25, 0.3) is 6.08 Å². The molecule has 2 aromatic rings. The van der Waals surface area contributed by atoms with Crippen LogP contribution in [0.4, 0.5) is 5.69 Å². The summed E-state index contributed by atoms with van der Waals surface area (Å²) in [6.45, 7) is 0. The highest BCUT2D eigenvalue weighted by atomic mass is 32.2. The number of carbonyl (C=O) groups is 1. The smallest absolute Gasteiger partial charge is 0.251 e. The van der Waals surface area contributed by atoms with Crippen molar-refractivity contribution in [2.45, 2.75) is 10.4 Å². The predicted octanol–water partition coefficient (Wildman–Crippen LogP) is 2.17. The summed E-state index contributed by atoms with van der Waals surface area (Å²) in [5.41, 5.74) is 2.23. The fraction of sp³-hybridized carbons (Fsp3) is 0.214. The molecule has 5 nitrogen and oxygen atoms in total. The van der Waals surface area contributed by atoms with Gasteiger partial charge in [0.05, 0.1) is 0 Å². The molecule has 2 heterocycles. The lowest BCUT2D eigenvalue weighted by molar-refractivity contribution is 0.0921. The summed E-state index contributed by atoms with van der Waals surface area (Å²) in [5, 5.41) is 8.06. The lowest BCUT2D eigenvalue weighted by atomic mass is 10.1. The van der Waals surface area contributed by atoms with E-state index in [1.54, 1.807) is 0 Å². The van der Waals surface area contributed by atoms with Gasteiger partial charge in [0.15, 0.2) is 5.16 Å². The SMILES string of the molecule is CN(C)c1ccc(/C=C\C2Sc3nncn3C2=O)cc1. The second kappa shape index (κ2) is 5.13. The minimum atomic E-state index is -0.214. The van der Waals surface area contributed by atoms with Gasteiger partial charge in [-0.05, 0) is 17.7 Å². The van der Waals surface area contributed by atoms with Gasteiger partial charge in [0.2, 0.25) is 0 Å². The molecule has 0 fully saturated rings. The van der Waals surface area contributed by atoms with Crippen molar-refractivity contribution in [1.29, 1.82) is 0 Å². The number of anilines is 1. The van der Waals surface area contributed by atoms with Crippen molar-refractivity contribution in [3.8, 4) is 0 Å². The highest BCUT2D eigenvalue weighted by Crippen LogP contribution is 2.30. The number of hydrogen-bond acceptors (Lipinski definition) is 5. The maximum Gasteiger partial charge on any atom is 0.251 e. The van der Waals surface area contributed by atoms with E-state index in [4.69, 9.17) is 0 Å². The molecule has 0 radical (unpaired) electrons. The number of carbonyl (C=O) groups excluding carboxylic acids is 1. The molecule has 0 saturated heterocycles. The van der Waals surface area contributed by atoms with Crippen LogP contribution in [0.3, 0.4) is 0 Å². The number of hydrogen-bond donors (Lipinski definition) is 0. The highest BCUT2D eigenvalue weighted by molar-refractivity contribution is 8.01. The van der Waals surface area contributed by atoms with Crippen LogP contribution in [0.5, 0.6) is 0 Å². The molecule has 0 aliphatic carbocycles. The van der Waals surface area contributed by atoms with E-state index < -0.39 is 0 Å². The summed E-state index contributed by atoms with van der Waals surface area (Å²) in [6, 6.07) is 8.18. The molecule has 1 aromatic heterocycles. The number of thioether (sulfide) groups is 1. The zero-order chi connectivity index (χ0) is 14.1. The quantitative estimate of drug-likeness (QED) is 0.865. The van der Waals surface area contributed by atoms with Gasteiger partial charge in [0, 0.05) is 19.8 Å². The fourth-order valence-electron chi connectivity index (χ4n) is 1.96. The summed E-state index contributed by atoms with van der Waals surface area (Å²) in [6.07, 6.45) is 5.34. The van der Waals surface area contributed by atoms with Crippen LogP contribution in [0.2, 0.25) is 0 Å². The Bertz CT molecular complexity index is 660. The second-order valence-electron chi connectivity index (χ2n) is 4.71. The van der Waals surface area contributed by atoms with Crippen molar-refractivity contribution >= 4 is 29.4 Å². The summed E-state index contributed by atoms with van der Waals surface area (Å²) in [5.74, 6) is 0.0103. The van der Waals surface area contributed by atoms with Crippen LogP contribution in [-0.2, 0) is 0 Å². The van der Waals surface area contributed by atoms with E-state index in [-0.39, 0.29) is 11.2 Å². The standard InChI is InChI=1S/C14H14N4OS/c1-17(2)11-6-3-10(4-7-11)5-8-12-13(19)18-9-15-16-14(18)20-12/h3-9,12H,1-2H3/b8-5-. The van der Waals surface area contributed by atoms with E-state index in [9.17, 15) is 4.79 Å². The Labute approximate surface area is 121 Å². The maximum atomic E-state index is 12.0. The first-order valence-corrected chi connectivity index (χ1v) is 7.09. The molecular formula is C14H14N4OS. The molecule has 3 rings (SSSR count). The molecule has 102 valence electrons. The van der Waals surface area contributed by atoms with Crippen molar-refractivity contribution in [3.63, 3.8) is 0 Å². The molecule has 0 spiro atoms. The number of fused-ring (bicyclic) bond motifs is 1. The Kier molecular flexibility index (Phi) is 3.31. The molecule has 0 amide bonds. The van der Waals surface area contributed by atoms with E-state index >= 15 is 0 Å². The third-order valence-corrected chi connectivity index (χ3v) is 4.20. The molecule has 0 saturated carbocycles. The molecule has 1 aliphatic heterocycles. The Morgan fingerprint density at radius 3 is 2.70 bits per heavy atom. The van der Waals surface area contributed by atoms with E-state index in [1.807, 2.05) is 38.4 Å². The zero-order valence-corrected chi connectivity index (χ0v) is 12.0. The lowest BCUT2D eigenvalue weighted by Crippen LogP contribution is -2.14. The van der Waals surface area contributed by atoms with Crippen LogP contribution in [-0.4, -0.2) is 40.0 Å². The zero-order valence-electron chi connectivity index (χ0n) is 11.2. The van der Waals surface area contributed by atoms with Gasteiger partial charge < -0.3 is 4.90 Å². The van der Waals surface area contributed by atoms with Crippen LogP contribution >= 0.6 is 11.8 Å². The molecule has 0 N–H and O–H groups in total. The van der Waals surface area contributed by atoms with Crippen molar-refractivity contribution in [3.05, 3.63) is 42.2 Å². The number of benzene rings is 1. The average molecular weight is 286 g/mol. The first-order chi connectivity index (χ1) is 9.65. The summed E-state index contributed by atoms with van der Waals surface area (Å²) >= 11 is 1.42. The minimum Gasteiger partial charge on any atom is -0.378 e. The van der Waals surface area contributed by atoms with Gasteiger partial charge in [-0.25, -0.2) is 4.57 Å². The molecule has 0 bridgehead atoms. The molecule has 1 atom stereocenters. The molecule has 1 aliphatic rings. The van der Waals surface area contributed by atoms with Crippen molar-refractivity contribution in [1.82, 2.24) is 14.8 Å². The highest BCUT2D eigenvalue weighted by Gasteiger charge is 2.30. The molecule has 20 heavy (non-hydrogen) atoms. The van der Waals surface area contributed by atoms with Gasteiger partial charge in [0.25, 0.3) is 5.91 Å². The predicted molar refractivity (Wildman–Crippen MR) is 80.1 cm³/mol. The number of rotatable bonds is 3. The monoisotopic (exact) mass is 286 g/mol. The van der Waals surface area contributed by atoms with E-state index in [0.29, 0.717) is 5.16 Å². The van der Waals surface area contributed by atoms with Crippen LogP contribution < -0.4 is 4.90 Å². The summed E-state index contributed by atoms with van der Waals surface area (Å²) in [4.78, 5) is 14.1. The van der Waals surface area contributed by atoms with Gasteiger partial charge in [0.1, 0.15) is 11.6 Å². The summed E-state index contributed by atoms with van der Waals surface area (Å²) in [7, 11) is 4.02. The van der Waals surface area contributed by atoms with Crippen molar-refractivity contribution in [2.24, 2.45) is 0 Å². The van der Waals surface area contributed by atoms with Gasteiger partial charge in [-0.2, -0.15) is 0 Å².